The van der Waals surface area contributed by atoms with Crippen LogP contribution in [0, 0.1) is 60.4 Å². The molecule has 0 aliphatic heterocycles. The van der Waals surface area contributed by atoms with Crippen molar-refractivity contribution < 1.29 is 0 Å². The number of rotatable bonds is 102. The molecular formula is C142H230. The zero-order valence-corrected chi connectivity index (χ0v) is 95.7. The second-order valence-electron chi connectivity index (χ2n) is 46.0. The zero-order chi connectivity index (χ0) is 100. The van der Waals surface area contributed by atoms with Crippen LogP contribution in [0.25, 0.3) is 43.1 Å². The van der Waals surface area contributed by atoms with Gasteiger partial charge in [-0.25, -0.2) is 0 Å². The Hall–Kier alpha value is -5.32. The molecule has 0 N–H and O–H groups in total. The maximum Gasteiger partial charge on any atom is 0.0562 e. The maximum atomic E-state index is 4.00. The van der Waals surface area contributed by atoms with Crippen molar-refractivity contribution in [3.8, 4) is 11.8 Å². The molecule has 4 aromatic carbocycles. The van der Waals surface area contributed by atoms with Crippen LogP contribution in [0.5, 0.6) is 0 Å². The maximum absolute atomic E-state index is 4.00. The molecule has 0 nitrogen and oxygen atoms in total. The van der Waals surface area contributed by atoms with E-state index in [4.69, 9.17) is 0 Å². The Bertz CT molecular complexity index is 3510. The van der Waals surface area contributed by atoms with Gasteiger partial charge in [-0.05, 0) is 159 Å². The fourth-order valence-corrected chi connectivity index (χ4v) is 23.0. The SMILES string of the molecule is CCCCCCCCCCCCCCCCCCc1cc2c#cc3cc(CCCCCCCCCCCCCCCCCC)c(CCCCCCCCCCCCCCCCCC)cc3c#cc3cc(CCCCCCCCCCCCCCCCCC)cc4c#cc5cc(CCCCCCCCCCCCCCCCCC)c(CCCCCCCCCCCCCCCCCC)cc5c#cc(c1)c2C#Cc34. The third-order valence-electron chi connectivity index (χ3n) is 32.6. The topological polar surface area (TPSA) is 0 Å². The minimum absolute atomic E-state index is 0.969. The first-order valence-electron chi connectivity index (χ1n) is 64.7. The lowest BCUT2D eigenvalue weighted by Gasteiger charge is -2.11. The summed E-state index contributed by atoms with van der Waals surface area (Å²) >= 11 is 0. The fraction of sp³-hybridized carbons (Fsp3) is 0.761. The molecule has 0 heterocycles. The Morgan fingerprint density at radius 2 is 0.218 bits per heavy atom. The molecule has 2 bridgehead atoms. The average Bonchev–Trinajstić information content (AvgIpc) is 0.782. The number of unbranched alkanes of at least 4 members (excludes halogenated alkanes) is 90. The highest BCUT2D eigenvalue weighted by Gasteiger charge is 2.14. The van der Waals surface area contributed by atoms with Crippen molar-refractivity contribution in [3.63, 3.8) is 0 Å². The Balaban J connectivity index is 1.40. The molecule has 0 saturated heterocycles. The Labute approximate surface area is 886 Å². The molecular weight excluding hydrogens is 1710 g/mol. The third-order valence-corrected chi connectivity index (χ3v) is 32.6. The molecule has 0 unspecified atom stereocenters. The first-order valence-corrected chi connectivity index (χ1v) is 64.7. The molecule has 0 amide bonds. The average molecular weight is 1940 g/mol. The first kappa shape index (κ1) is 125. The van der Waals surface area contributed by atoms with E-state index in [1.807, 2.05) is 0 Å². The summed E-state index contributed by atoms with van der Waals surface area (Å²) in [7, 11) is 0. The van der Waals surface area contributed by atoms with Crippen molar-refractivity contribution in [1.29, 1.82) is 0 Å². The normalized spacial score (nSPS) is 11.6. The van der Waals surface area contributed by atoms with E-state index in [1.165, 1.54) is 650 Å². The standard InChI is InChI=1S/C142H230/c1-7-13-19-25-31-37-43-49-55-61-67-73-79-85-91-97-103-127-119-137-113-109-133-123-129(105-99-93-87-81-75-69-63-57-51-45-39-33-27-21-15-9-3)131(107-101-95-89-83-77-71-65-59-53-47-41-35-29-23-17-11-5)125-135(133)111-115-139-121-128(104-98-92-86-80-74-68-62-56-50-44-38-32-26-20-14-8-2)122-140-116-112-136-126-132(108-102-96-90-84-78-72-66-60-54-48-42-36-30-24-18-12-6)130(124-134(136)110-114-138(120-127)141(137)117-118-142(139)140)106-100-94-88-82-76-70-64-58-52-46-40-34-28-22-16-10-4/h119-126H,7-108H2,1-6H3. The lowest BCUT2D eigenvalue weighted by molar-refractivity contribution is 0.528. The Morgan fingerprint density at radius 1 is 0.113 bits per heavy atom. The molecule has 0 fully saturated rings. The minimum Gasteiger partial charge on any atom is -0.0654 e. The summed E-state index contributed by atoms with van der Waals surface area (Å²) in [6, 6.07) is 52.0. The van der Waals surface area contributed by atoms with E-state index in [1.54, 1.807) is 0 Å². The first-order chi connectivity index (χ1) is 70.5. The molecule has 0 spiro atoms. The van der Waals surface area contributed by atoms with E-state index in [0.717, 1.165) is 92.7 Å². The van der Waals surface area contributed by atoms with Crippen LogP contribution in [0.1, 0.15) is 702 Å². The van der Waals surface area contributed by atoms with Gasteiger partial charge in [-0.2, -0.15) is 0 Å². The summed E-state index contributed by atoms with van der Waals surface area (Å²) in [5, 5.41) is 8.41. The van der Waals surface area contributed by atoms with Gasteiger partial charge in [-0.3, -0.25) is 0 Å². The molecule has 0 atom stereocenters. The number of fused-ring (bicyclic) bond motifs is 2. The zero-order valence-electron chi connectivity index (χ0n) is 95.7. The minimum atomic E-state index is 0.969. The van der Waals surface area contributed by atoms with Gasteiger partial charge in [0.15, 0.2) is 0 Å². The van der Waals surface area contributed by atoms with Crippen LogP contribution in [-0.4, -0.2) is 0 Å². The van der Waals surface area contributed by atoms with Crippen LogP contribution in [-0.2, 0) is 38.5 Å². The van der Waals surface area contributed by atoms with Gasteiger partial charge >= 0.3 is 0 Å². The highest BCUT2D eigenvalue weighted by molar-refractivity contribution is 5.88. The van der Waals surface area contributed by atoms with Crippen LogP contribution in [0.15, 0.2) is 48.5 Å². The van der Waals surface area contributed by atoms with E-state index < -0.39 is 0 Å². The highest BCUT2D eigenvalue weighted by Crippen LogP contribution is 2.32. The summed E-state index contributed by atoms with van der Waals surface area (Å²) in [6.45, 7) is 14.0. The van der Waals surface area contributed by atoms with E-state index in [2.05, 4.69) is 150 Å². The predicted octanol–water partition coefficient (Wildman–Crippen LogP) is 48.0. The van der Waals surface area contributed by atoms with Gasteiger partial charge in [0.2, 0.25) is 0 Å². The predicted molar refractivity (Wildman–Crippen MR) is 637 cm³/mol. The van der Waals surface area contributed by atoms with Crippen LogP contribution >= 0.6 is 0 Å². The number of benzene rings is 4. The Morgan fingerprint density at radius 3 is 0.345 bits per heavy atom. The van der Waals surface area contributed by atoms with Crippen molar-refractivity contribution in [2.75, 3.05) is 0 Å². The van der Waals surface area contributed by atoms with Crippen molar-refractivity contribution in [2.24, 2.45) is 0 Å². The van der Waals surface area contributed by atoms with E-state index in [0.29, 0.717) is 0 Å². The molecule has 0 saturated carbocycles. The van der Waals surface area contributed by atoms with Crippen LogP contribution < -0.4 is 0 Å². The number of aryl methyl sites for hydroxylation is 6. The lowest BCUT2D eigenvalue weighted by atomic mass is 9.93. The molecule has 0 heteroatoms. The summed E-state index contributed by atoms with van der Waals surface area (Å²) < 4.78 is 0. The van der Waals surface area contributed by atoms with E-state index in [9.17, 15) is 0 Å². The molecule has 4 aromatic rings. The second-order valence-corrected chi connectivity index (χ2v) is 46.0. The second kappa shape index (κ2) is 93.0. The molecule has 0 aromatic heterocycles. The molecule has 0 radical (unpaired) electrons. The molecule has 2 aliphatic carbocycles. The lowest BCUT2D eigenvalue weighted by Crippen LogP contribution is -1.96. The van der Waals surface area contributed by atoms with Gasteiger partial charge in [0.05, 0.1) is 11.1 Å². The van der Waals surface area contributed by atoms with Crippen molar-refractivity contribution in [1.82, 2.24) is 0 Å². The Kier molecular flexibility index (Phi) is 82.1. The third kappa shape index (κ3) is 65.5. The van der Waals surface area contributed by atoms with E-state index >= 15 is 0 Å². The van der Waals surface area contributed by atoms with Crippen molar-refractivity contribution in [2.45, 2.75) is 696 Å². The van der Waals surface area contributed by atoms with E-state index in [-0.39, 0.29) is 0 Å². The summed E-state index contributed by atoms with van der Waals surface area (Å²) in [6.07, 6.45) is 140. The van der Waals surface area contributed by atoms with Crippen molar-refractivity contribution >= 4 is 43.1 Å². The van der Waals surface area contributed by atoms with Crippen LogP contribution in [0.4, 0.5) is 0 Å². The molecule has 6 rings (SSSR count). The largest absolute Gasteiger partial charge is 0.0654 e. The highest BCUT2D eigenvalue weighted by atomic mass is 14.2. The van der Waals surface area contributed by atoms with Gasteiger partial charge in [0.25, 0.3) is 0 Å². The molecule has 798 valence electrons. The quantitative estimate of drug-likeness (QED) is 0.0264. The molecule has 142 heavy (non-hydrogen) atoms. The van der Waals surface area contributed by atoms with Crippen molar-refractivity contribution in [3.05, 3.63) is 142 Å². The van der Waals surface area contributed by atoms with Crippen LogP contribution in [0.2, 0.25) is 0 Å². The molecule has 2 aliphatic rings. The van der Waals surface area contributed by atoms with Gasteiger partial charge in [-0.15, -0.1) is 0 Å². The monoisotopic (exact) mass is 1940 g/mol. The number of hydrogen-bond donors (Lipinski definition) is 0. The summed E-state index contributed by atoms with van der Waals surface area (Å²) in [4.78, 5) is 0. The van der Waals surface area contributed by atoms with Gasteiger partial charge in [-0.1, -0.05) is 680 Å². The van der Waals surface area contributed by atoms with Crippen LogP contribution in [0.3, 0.4) is 0 Å². The summed E-state index contributed by atoms with van der Waals surface area (Å²) in [5.41, 5.74) is 10.7. The van der Waals surface area contributed by atoms with Gasteiger partial charge in [0.1, 0.15) is 0 Å². The summed E-state index contributed by atoms with van der Waals surface area (Å²) in [5.74, 6) is 7.91. The van der Waals surface area contributed by atoms with Gasteiger partial charge < -0.3 is 0 Å². The number of hydrogen-bond acceptors (Lipinski definition) is 0. The fourth-order valence-electron chi connectivity index (χ4n) is 23.0. The smallest absolute Gasteiger partial charge is 0.0562 e. The van der Waals surface area contributed by atoms with Gasteiger partial charge in [0, 0.05) is 43.1 Å².